The topological polar surface area (TPSA) is 83.1 Å². The van der Waals surface area contributed by atoms with Gasteiger partial charge >= 0.3 is 5.97 Å². The van der Waals surface area contributed by atoms with Gasteiger partial charge in [-0.2, -0.15) is 0 Å². The van der Waals surface area contributed by atoms with Gasteiger partial charge in [0.1, 0.15) is 11.5 Å². The molecule has 3 aromatic rings. The standard InChI is InChI=1S/C22H16N2O4S/c1-14-10-11-18(28-14)13-19-20(25)24(17-8-3-2-4-9-17)22(29-19)23-16-7-5-6-15(12-16)21(26)27/h2-13H,1H3,(H,26,27)/b19-13+,23-22?. The molecule has 0 bridgehead atoms. The van der Waals surface area contributed by atoms with Crippen molar-refractivity contribution in [2.24, 2.45) is 4.99 Å². The molecule has 1 aromatic heterocycles. The fraction of sp³-hybridized carbons (Fsp3) is 0.0455. The highest BCUT2D eigenvalue weighted by molar-refractivity contribution is 8.19. The van der Waals surface area contributed by atoms with Crippen LogP contribution in [0.2, 0.25) is 0 Å². The van der Waals surface area contributed by atoms with Crippen LogP contribution in [0.1, 0.15) is 21.9 Å². The molecular weight excluding hydrogens is 388 g/mol. The van der Waals surface area contributed by atoms with Crippen LogP contribution in [0.3, 0.4) is 0 Å². The first-order valence-electron chi connectivity index (χ1n) is 8.79. The molecule has 2 aromatic carbocycles. The number of anilines is 1. The molecule has 6 nitrogen and oxygen atoms in total. The van der Waals surface area contributed by atoms with Crippen molar-refractivity contribution in [3.05, 3.63) is 88.7 Å². The molecule has 1 aliphatic heterocycles. The van der Waals surface area contributed by atoms with E-state index < -0.39 is 5.97 Å². The van der Waals surface area contributed by atoms with Gasteiger partial charge < -0.3 is 9.52 Å². The molecule has 1 saturated heterocycles. The van der Waals surface area contributed by atoms with Gasteiger partial charge in [0.05, 0.1) is 21.8 Å². The summed E-state index contributed by atoms with van der Waals surface area (Å²) in [6, 6.07) is 19.1. The summed E-state index contributed by atoms with van der Waals surface area (Å²) in [4.78, 5) is 30.9. The monoisotopic (exact) mass is 404 g/mol. The Morgan fingerprint density at radius 2 is 1.90 bits per heavy atom. The van der Waals surface area contributed by atoms with E-state index in [0.717, 1.165) is 5.76 Å². The number of carboxylic acids is 1. The number of rotatable bonds is 4. The van der Waals surface area contributed by atoms with Crippen LogP contribution < -0.4 is 4.90 Å². The summed E-state index contributed by atoms with van der Waals surface area (Å²) in [6.07, 6.45) is 1.69. The minimum absolute atomic E-state index is 0.134. The summed E-state index contributed by atoms with van der Waals surface area (Å²) in [5, 5.41) is 9.66. The largest absolute Gasteiger partial charge is 0.478 e. The third-order valence-electron chi connectivity index (χ3n) is 4.17. The van der Waals surface area contributed by atoms with Crippen LogP contribution in [0.15, 0.2) is 81.0 Å². The number of hydrogen-bond donors (Lipinski definition) is 1. The molecular formula is C22H16N2O4S. The molecule has 0 spiro atoms. The maximum atomic E-state index is 13.1. The van der Waals surface area contributed by atoms with Gasteiger partial charge in [-0.3, -0.25) is 9.69 Å². The van der Waals surface area contributed by atoms with Crippen LogP contribution in [0.5, 0.6) is 0 Å². The van der Waals surface area contributed by atoms with E-state index in [4.69, 9.17) is 4.42 Å². The summed E-state index contributed by atoms with van der Waals surface area (Å²) in [5.74, 6) is 0.0892. The SMILES string of the molecule is Cc1ccc(/C=C2/SC(=Nc3cccc(C(=O)O)c3)N(c3ccccc3)C2=O)o1. The predicted octanol–water partition coefficient (Wildman–Crippen LogP) is 5.09. The van der Waals surface area contributed by atoms with E-state index in [2.05, 4.69) is 4.99 Å². The maximum Gasteiger partial charge on any atom is 0.335 e. The second-order valence-electron chi connectivity index (χ2n) is 6.29. The van der Waals surface area contributed by atoms with Crippen LogP contribution in [-0.4, -0.2) is 22.2 Å². The molecule has 144 valence electrons. The normalized spacial score (nSPS) is 16.7. The molecule has 1 amide bonds. The highest BCUT2D eigenvalue weighted by atomic mass is 32.2. The first-order valence-corrected chi connectivity index (χ1v) is 9.60. The highest BCUT2D eigenvalue weighted by Gasteiger charge is 2.35. The number of carboxylic acid groups (broad SMARTS) is 1. The lowest BCUT2D eigenvalue weighted by Crippen LogP contribution is -2.28. The second-order valence-corrected chi connectivity index (χ2v) is 7.29. The molecule has 7 heteroatoms. The van der Waals surface area contributed by atoms with Crippen LogP contribution >= 0.6 is 11.8 Å². The molecule has 0 aliphatic carbocycles. The number of thioether (sulfide) groups is 1. The van der Waals surface area contributed by atoms with Gasteiger partial charge in [0, 0.05) is 6.08 Å². The van der Waals surface area contributed by atoms with Gasteiger partial charge in [0.25, 0.3) is 5.91 Å². The summed E-state index contributed by atoms with van der Waals surface area (Å²) in [7, 11) is 0. The average Bonchev–Trinajstić information content (AvgIpc) is 3.26. The molecule has 0 atom stereocenters. The molecule has 1 aliphatic rings. The first-order chi connectivity index (χ1) is 14.0. The zero-order valence-electron chi connectivity index (χ0n) is 15.4. The quantitative estimate of drug-likeness (QED) is 0.612. The number of nitrogens with zero attached hydrogens (tertiary/aromatic N) is 2. The molecule has 0 saturated carbocycles. The Morgan fingerprint density at radius 1 is 1.10 bits per heavy atom. The van der Waals surface area contributed by atoms with Crippen LogP contribution in [0.4, 0.5) is 11.4 Å². The number of aliphatic imine (C=N–C) groups is 1. The Balaban J connectivity index is 1.77. The van der Waals surface area contributed by atoms with Crippen molar-refractivity contribution in [2.75, 3.05) is 4.90 Å². The van der Waals surface area contributed by atoms with Crippen molar-refractivity contribution in [2.45, 2.75) is 6.92 Å². The van der Waals surface area contributed by atoms with Crippen LogP contribution in [0, 0.1) is 6.92 Å². The molecule has 0 unspecified atom stereocenters. The van der Waals surface area contributed by atoms with Crippen molar-refractivity contribution >= 4 is 46.3 Å². The number of amides is 1. The van der Waals surface area contributed by atoms with E-state index >= 15 is 0 Å². The van der Waals surface area contributed by atoms with Crippen LogP contribution in [0.25, 0.3) is 6.08 Å². The Morgan fingerprint density at radius 3 is 2.59 bits per heavy atom. The molecule has 29 heavy (non-hydrogen) atoms. The van der Waals surface area contributed by atoms with Crippen molar-refractivity contribution in [3.63, 3.8) is 0 Å². The van der Waals surface area contributed by atoms with Crippen molar-refractivity contribution in [3.8, 4) is 0 Å². The average molecular weight is 404 g/mol. The minimum atomic E-state index is -1.03. The van der Waals surface area contributed by atoms with E-state index in [1.54, 1.807) is 24.3 Å². The Labute approximate surface area is 171 Å². The fourth-order valence-corrected chi connectivity index (χ4v) is 3.81. The summed E-state index contributed by atoms with van der Waals surface area (Å²) < 4.78 is 5.56. The molecule has 1 fully saturated rings. The smallest absolute Gasteiger partial charge is 0.335 e. The lowest BCUT2D eigenvalue weighted by atomic mass is 10.2. The number of carbonyl (C=O) groups is 2. The number of para-hydroxylation sites is 1. The van der Waals surface area contributed by atoms with Gasteiger partial charge in [0.2, 0.25) is 0 Å². The highest BCUT2D eigenvalue weighted by Crippen LogP contribution is 2.37. The Kier molecular flexibility index (Phi) is 5.05. The zero-order valence-corrected chi connectivity index (χ0v) is 16.2. The van der Waals surface area contributed by atoms with Gasteiger partial charge in [-0.25, -0.2) is 9.79 Å². The number of benzene rings is 2. The van der Waals surface area contributed by atoms with Crippen molar-refractivity contribution < 1.29 is 19.1 Å². The van der Waals surface area contributed by atoms with Crippen molar-refractivity contribution in [1.29, 1.82) is 0 Å². The molecule has 2 heterocycles. The number of carbonyl (C=O) groups excluding carboxylic acids is 1. The zero-order chi connectivity index (χ0) is 20.4. The van der Waals surface area contributed by atoms with Gasteiger partial charge in [-0.15, -0.1) is 0 Å². The van der Waals surface area contributed by atoms with Crippen molar-refractivity contribution in [1.82, 2.24) is 0 Å². The lowest BCUT2D eigenvalue weighted by molar-refractivity contribution is -0.113. The second kappa shape index (κ2) is 7.81. The van der Waals surface area contributed by atoms with Gasteiger partial charge in [0.15, 0.2) is 5.17 Å². The molecule has 0 radical (unpaired) electrons. The third kappa shape index (κ3) is 4.00. The van der Waals surface area contributed by atoms with Crippen LogP contribution in [-0.2, 0) is 4.79 Å². The minimum Gasteiger partial charge on any atom is -0.478 e. The number of amidine groups is 1. The number of aryl methyl sites for hydroxylation is 1. The van der Waals surface area contributed by atoms with E-state index in [1.807, 2.05) is 43.3 Å². The van der Waals surface area contributed by atoms with E-state index in [-0.39, 0.29) is 11.5 Å². The van der Waals surface area contributed by atoms with E-state index in [1.165, 1.54) is 28.8 Å². The maximum absolute atomic E-state index is 13.1. The summed E-state index contributed by atoms with van der Waals surface area (Å²) in [5.41, 5.74) is 1.27. The van der Waals surface area contributed by atoms with E-state index in [0.29, 0.717) is 27.2 Å². The third-order valence-corrected chi connectivity index (χ3v) is 5.14. The van der Waals surface area contributed by atoms with E-state index in [9.17, 15) is 14.7 Å². The lowest BCUT2D eigenvalue weighted by Gasteiger charge is -2.15. The Bertz CT molecular complexity index is 1150. The summed E-state index contributed by atoms with van der Waals surface area (Å²) in [6.45, 7) is 1.84. The number of furan rings is 1. The molecule has 4 rings (SSSR count). The fourth-order valence-electron chi connectivity index (χ4n) is 2.83. The summed E-state index contributed by atoms with van der Waals surface area (Å²) >= 11 is 1.21. The number of hydrogen-bond acceptors (Lipinski definition) is 5. The number of aromatic carboxylic acids is 1. The predicted molar refractivity (Wildman–Crippen MR) is 113 cm³/mol. The Hall–Kier alpha value is -3.58. The van der Waals surface area contributed by atoms with Gasteiger partial charge in [-0.1, -0.05) is 24.3 Å². The molecule has 1 N–H and O–H groups in total. The van der Waals surface area contributed by atoms with Gasteiger partial charge in [-0.05, 0) is 61.2 Å². The first kappa shape index (κ1) is 18.8.